The molecule has 0 unspecified atom stereocenters. The molecular formula is C28H46O3. The van der Waals surface area contributed by atoms with Gasteiger partial charge in [-0.25, -0.2) is 0 Å². The maximum Gasteiger partial charge on any atom is 0.0917 e. The van der Waals surface area contributed by atoms with Crippen LogP contribution < -0.4 is 0 Å². The molecule has 0 amide bonds. The number of aliphatic hydroxyl groups excluding tert-OH is 2. The number of hydrogen-bond donors (Lipinski definition) is 3. The van der Waals surface area contributed by atoms with Gasteiger partial charge in [0.05, 0.1) is 17.8 Å². The number of hydrogen-bond acceptors (Lipinski definition) is 3. The lowest BCUT2D eigenvalue weighted by Crippen LogP contribution is -2.64. The first-order chi connectivity index (χ1) is 14.4. The molecule has 4 rings (SSSR count). The summed E-state index contributed by atoms with van der Waals surface area (Å²) in [4.78, 5) is 0. The largest absolute Gasteiger partial charge is 0.393 e. The van der Waals surface area contributed by atoms with Crippen molar-refractivity contribution >= 4 is 0 Å². The molecule has 10 atom stereocenters. The number of allylic oxidation sites excluding steroid dienone is 2. The zero-order valence-electron chi connectivity index (χ0n) is 20.6. The summed E-state index contributed by atoms with van der Waals surface area (Å²) < 4.78 is 0. The molecule has 0 aliphatic heterocycles. The smallest absolute Gasteiger partial charge is 0.0917 e. The third-order valence-corrected chi connectivity index (χ3v) is 10.7. The summed E-state index contributed by atoms with van der Waals surface area (Å²) in [5, 5.41) is 33.6. The Labute approximate surface area is 190 Å². The highest BCUT2D eigenvalue weighted by atomic mass is 16.3. The van der Waals surface area contributed by atoms with Crippen LogP contribution in [-0.2, 0) is 0 Å². The molecule has 0 aromatic heterocycles. The fraction of sp³-hybridized carbons (Fsp3) is 0.857. The number of fused-ring (bicyclic) bond motifs is 5. The molecule has 3 nitrogen and oxygen atoms in total. The van der Waals surface area contributed by atoms with Crippen LogP contribution in [0.2, 0.25) is 0 Å². The third kappa shape index (κ3) is 3.49. The quantitative estimate of drug-likeness (QED) is 0.516. The zero-order chi connectivity index (χ0) is 22.8. The van der Waals surface area contributed by atoms with Crippen molar-refractivity contribution in [1.82, 2.24) is 0 Å². The number of rotatable bonds is 4. The van der Waals surface area contributed by atoms with E-state index in [0.29, 0.717) is 36.0 Å². The molecule has 3 fully saturated rings. The summed E-state index contributed by atoms with van der Waals surface area (Å²) in [5.41, 5.74) is 0.146. The van der Waals surface area contributed by atoms with E-state index in [-0.39, 0.29) is 22.9 Å². The lowest BCUT2D eigenvalue weighted by Gasteiger charge is -2.62. The Kier molecular flexibility index (Phi) is 6.06. The van der Waals surface area contributed by atoms with Crippen molar-refractivity contribution in [2.45, 2.75) is 104 Å². The highest BCUT2D eigenvalue weighted by Gasteiger charge is 2.65. The van der Waals surface area contributed by atoms with Gasteiger partial charge in [0.25, 0.3) is 0 Å². The van der Waals surface area contributed by atoms with E-state index in [1.165, 1.54) is 6.42 Å². The van der Waals surface area contributed by atoms with Gasteiger partial charge < -0.3 is 15.3 Å². The molecule has 176 valence electrons. The summed E-state index contributed by atoms with van der Waals surface area (Å²) in [7, 11) is 0. The lowest BCUT2D eigenvalue weighted by molar-refractivity contribution is -0.175. The van der Waals surface area contributed by atoms with E-state index in [9.17, 15) is 15.3 Å². The van der Waals surface area contributed by atoms with Gasteiger partial charge in [-0.15, -0.1) is 0 Å². The second-order valence-electron chi connectivity index (χ2n) is 12.5. The minimum absolute atomic E-state index is 0.0501. The first-order valence-electron chi connectivity index (χ1n) is 12.9. The maximum absolute atomic E-state index is 12.2. The second kappa shape index (κ2) is 7.99. The highest BCUT2D eigenvalue weighted by molar-refractivity contribution is 5.37. The van der Waals surface area contributed by atoms with E-state index in [1.54, 1.807) is 0 Å². The predicted octanol–water partition coefficient (Wildman–Crippen LogP) is 5.50. The number of aliphatic hydroxyl groups is 3. The van der Waals surface area contributed by atoms with Crippen LogP contribution in [0.3, 0.4) is 0 Å². The summed E-state index contributed by atoms with van der Waals surface area (Å²) in [6.07, 6.45) is 12.3. The van der Waals surface area contributed by atoms with Gasteiger partial charge in [0.2, 0.25) is 0 Å². The molecule has 3 heteroatoms. The van der Waals surface area contributed by atoms with E-state index < -0.39 is 11.7 Å². The van der Waals surface area contributed by atoms with Crippen LogP contribution in [0.4, 0.5) is 0 Å². The van der Waals surface area contributed by atoms with Crippen molar-refractivity contribution in [3.8, 4) is 0 Å². The van der Waals surface area contributed by atoms with E-state index in [4.69, 9.17) is 0 Å². The first kappa shape index (κ1) is 23.5. The highest BCUT2D eigenvalue weighted by Crippen LogP contribution is 2.68. The Hall–Kier alpha value is -0.640. The molecule has 0 saturated heterocycles. The van der Waals surface area contributed by atoms with Gasteiger partial charge in [0, 0.05) is 5.41 Å². The Balaban J connectivity index is 1.63. The zero-order valence-corrected chi connectivity index (χ0v) is 20.6. The van der Waals surface area contributed by atoms with Crippen LogP contribution in [0.5, 0.6) is 0 Å². The molecule has 3 saturated carbocycles. The normalized spacial score (nSPS) is 49.4. The summed E-state index contributed by atoms with van der Waals surface area (Å²) in [6, 6.07) is 0. The predicted molar refractivity (Wildman–Crippen MR) is 126 cm³/mol. The summed E-state index contributed by atoms with van der Waals surface area (Å²) >= 11 is 0. The van der Waals surface area contributed by atoms with Crippen LogP contribution in [0.1, 0.15) is 86.5 Å². The Morgan fingerprint density at radius 2 is 1.68 bits per heavy atom. The first-order valence-corrected chi connectivity index (χ1v) is 12.9. The molecule has 0 heterocycles. The van der Waals surface area contributed by atoms with Gasteiger partial charge in [0.15, 0.2) is 0 Å². The van der Waals surface area contributed by atoms with Crippen molar-refractivity contribution in [1.29, 1.82) is 0 Å². The third-order valence-electron chi connectivity index (χ3n) is 10.7. The van der Waals surface area contributed by atoms with E-state index >= 15 is 0 Å². The fourth-order valence-corrected chi connectivity index (χ4v) is 8.11. The van der Waals surface area contributed by atoms with Crippen molar-refractivity contribution in [3.63, 3.8) is 0 Å². The van der Waals surface area contributed by atoms with Crippen molar-refractivity contribution in [3.05, 3.63) is 23.8 Å². The minimum atomic E-state index is -0.832. The van der Waals surface area contributed by atoms with Crippen LogP contribution in [0.15, 0.2) is 23.8 Å². The van der Waals surface area contributed by atoms with Crippen molar-refractivity contribution in [2.75, 3.05) is 0 Å². The Morgan fingerprint density at radius 1 is 0.968 bits per heavy atom. The van der Waals surface area contributed by atoms with E-state index in [2.05, 4.69) is 53.7 Å². The van der Waals surface area contributed by atoms with Gasteiger partial charge in [-0.2, -0.15) is 0 Å². The van der Waals surface area contributed by atoms with Gasteiger partial charge in [-0.3, -0.25) is 0 Å². The SMILES string of the molecule is CC(C)[C@H](C)/C=C/[C@@H](C)[C@H]1CC[C@H]2C3=C[C@@H](O)[C@H]4C[C@@H](O)CC[C@]4(C)[C@@]3(O)CC[C@]12C. The summed E-state index contributed by atoms with van der Waals surface area (Å²) in [5.74, 6) is 2.72. The molecule has 0 bridgehead atoms. The molecular weight excluding hydrogens is 384 g/mol. The van der Waals surface area contributed by atoms with E-state index in [0.717, 1.165) is 37.7 Å². The molecule has 0 radical (unpaired) electrons. The topological polar surface area (TPSA) is 60.7 Å². The molecule has 0 spiro atoms. The monoisotopic (exact) mass is 430 g/mol. The molecule has 4 aliphatic carbocycles. The standard InChI is InChI=1S/C28H46O3/c1-17(2)18(3)7-8-19(4)21-9-10-22-23-16-25(30)24-15-20(29)11-12-27(24,6)28(23,31)14-13-26(21,22)5/h7-8,16-22,24-25,29-31H,9-15H2,1-6H3/b8-7+/t18-,19-,20+,21-,22+,24-,25-,26-,27+,28-/m1/s1. The maximum atomic E-state index is 12.2. The van der Waals surface area contributed by atoms with Crippen LogP contribution in [0, 0.1) is 46.3 Å². The molecule has 0 aromatic rings. The minimum Gasteiger partial charge on any atom is -0.393 e. The Bertz CT molecular complexity index is 741. The molecule has 3 N–H and O–H groups in total. The second-order valence-corrected chi connectivity index (χ2v) is 12.5. The van der Waals surface area contributed by atoms with Gasteiger partial charge in [-0.1, -0.05) is 59.8 Å². The van der Waals surface area contributed by atoms with Crippen LogP contribution in [-0.4, -0.2) is 33.1 Å². The van der Waals surface area contributed by atoms with Crippen molar-refractivity contribution in [2.24, 2.45) is 46.3 Å². The van der Waals surface area contributed by atoms with E-state index in [1.807, 2.05) is 6.08 Å². The average Bonchev–Trinajstić information content (AvgIpc) is 3.06. The fourth-order valence-electron chi connectivity index (χ4n) is 8.11. The van der Waals surface area contributed by atoms with Gasteiger partial charge in [0.1, 0.15) is 0 Å². The molecule has 4 aliphatic rings. The lowest BCUT2D eigenvalue weighted by atomic mass is 9.45. The van der Waals surface area contributed by atoms with Crippen molar-refractivity contribution < 1.29 is 15.3 Å². The van der Waals surface area contributed by atoms with Gasteiger partial charge >= 0.3 is 0 Å². The van der Waals surface area contributed by atoms with Crippen LogP contribution in [0.25, 0.3) is 0 Å². The Morgan fingerprint density at radius 3 is 2.35 bits per heavy atom. The molecule has 31 heavy (non-hydrogen) atoms. The van der Waals surface area contributed by atoms with Crippen LogP contribution >= 0.6 is 0 Å². The average molecular weight is 431 g/mol. The van der Waals surface area contributed by atoms with Gasteiger partial charge in [-0.05, 0) is 91.4 Å². The molecule has 0 aromatic carbocycles. The summed E-state index contributed by atoms with van der Waals surface area (Å²) in [6.45, 7) is 13.9.